The van der Waals surface area contributed by atoms with E-state index < -0.39 is 0 Å². The van der Waals surface area contributed by atoms with Crippen molar-refractivity contribution in [3.8, 4) is 11.5 Å². The number of amides is 1. The van der Waals surface area contributed by atoms with E-state index in [1.807, 2.05) is 25.1 Å². The molecule has 1 aromatic carbocycles. The molecule has 6 heteroatoms. The minimum Gasteiger partial charge on any atom is -0.486 e. The lowest BCUT2D eigenvalue weighted by Crippen LogP contribution is -2.20. The number of hydrogen-bond donors (Lipinski definition) is 1. The third-order valence-electron chi connectivity index (χ3n) is 3.57. The Morgan fingerprint density at radius 1 is 1.13 bits per heavy atom. The second kappa shape index (κ2) is 6.16. The molecule has 0 radical (unpaired) electrons. The second-order valence-electron chi connectivity index (χ2n) is 5.32. The maximum atomic E-state index is 12.1. The predicted molar refractivity (Wildman–Crippen MR) is 85.3 cm³/mol. The van der Waals surface area contributed by atoms with Gasteiger partial charge in [-0.15, -0.1) is 0 Å². The summed E-state index contributed by atoms with van der Waals surface area (Å²) in [6.07, 6.45) is 0. The molecule has 1 aliphatic heterocycles. The smallest absolute Gasteiger partial charge is 0.274 e. The van der Waals surface area contributed by atoms with Gasteiger partial charge in [-0.05, 0) is 45.0 Å². The number of carbonyl (C=O) groups excluding carboxylic acids is 1. The van der Waals surface area contributed by atoms with Crippen LogP contribution in [0.4, 0.5) is 0 Å². The van der Waals surface area contributed by atoms with Gasteiger partial charge in [-0.25, -0.2) is 5.43 Å². The Hall–Kier alpha value is -2.76. The molecule has 1 N–H and O–H groups in total. The summed E-state index contributed by atoms with van der Waals surface area (Å²) >= 11 is 0. The van der Waals surface area contributed by atoms with Crippen LogP contribution in [0.1, 0.15) is 34.4 Å². The molecule has 0 bridgehead atoms. The quantitative estimate of drug-likeness (QED) is 0.698. The first-order valence-corrected chi connectivity index (χ1v) is 7.36. The standard InChI is InChI=1S/C17H18N2O4/c1-10-8-14(12(3)23-10)17(20)19-18-11(2)13-4-5-15-16(9-13)22-7-6-21-15/h4-5,8-9H,6-7H2,1-3H3,(H,19,20). The van der Waals surface area contributed by atoms with Crippen molar-refractivity contribution >= 4 is 11.6 Å². The number of ether oxygens (including phenoxy) is 2. The molecule has 0 saturated carbocycles. The Kier molecular flexibility index (Phi) is 4.06. The Morgan fingerprint density at radius 2 is 1.87 bits per heavy atom. The molecular formula is C17H18N2O4. The van der Waals surface area contributed by atoms with Gasteiger partial charge in [0, 0.05) is 5.56 Å². The fourth-order valence-electron chi connectivity index (χ4n) is 2.38. The van der Waals surface area contributed by atoms with E-state index in [4.69, 9.17) is 13.9 Å². The Balaban J connectivity index is 1.75. The lowest BCUT2D eigenvalue weighted by molar-refractivity contribution is 0.0953. The van der Waals surface area contributed by atoms with Crippen LogP contribution in [0.5, 0.6) is 11.5 Å². The third kappa shape index (κ3) is 3.21. The molecule has 2 aromatic rings. The Morgan fingerprint density at radius 3 is 2.57 bits per heavy atom. The summed E-state index contributed by atoms with van der Waals surface area (Å²) in [7, 11) is 0. The molecule has 3 rings (SSSR count). The van der Waals surface area contributed by atoms with Gasteiger partial charge in [0.2, 0.25) is 0 Å². The fourth-order valence-corrected chi connectivity index (χ4v) is 2.38. The number of hydrogen-bond acceptors (Lipinski definition) is 5. The monoisotopic (exact) mass is 314 g/mol. The van der Waals surface area contributed by atoms with Crippen molar-refractivity contribution in [2.75, 3.05) is 13.2 Å². The highest BCUT2D eigenvalue weighted by Crippen LogP contribution is 2.30. The summed E-state index contributed by atoms with van der Waals surface area (Å²) in [6, 6.07) is 7.27. The van der Waals surface area contributed by atoms with Gasteiger partial charge in [0.05, 0.1) is 11.3 Å². The average molecular weight is 314 g/mol. The normalized spacial score (nSPS) is 13.8. The van der Waals surface area contributed by atoms with Crippen molar-refractivity contribution in [1.82, 2.24) is 5.43 Å². The molecule has 0 atom stereocenters. The van der Waals surface area contributed by atoms with Crippen molar-refractivity contribution in [1.29, 1.82) is 0 Å². The van der Waals surface area contributed by atoms with Crippen molar-refractivity contribution in [2.24, 2.45) is 5.10 Å². The summed E-state index contributed by atoms with van der Waals surface area (Å²) in [6.45, 7) is 6.45. The summed E-state index contributed by atoms with van der Waals surface area (Å²) in [5, 5.41) is 4.15. The molecule has 2 heterocycles. The predicted octanol–water partition coefficient (Wildman–Crippen LogP) is 2.82. The van der Waals surface area contributed by atoms with Gasteiger partial charge in [-0.2, -0.15) is 5.10 Å². The van der Waals surface area contributed by atoms with Crippen LogP contribution in [0.3, 0.4) is 0 Å². The molecule has 1 aliphatic rings. The van der Waals surface area contributed by atoms with Gasteiger partial charge < -0.3 is 13.9 Å². The number of nitrogens with one attached hydrogen (secondary N) is 1. The minimum absolute atomic E-state index is 0.295. The number of aryl methyl sites for hydroxylation is 2. The molecule has 0 unspecified atom stereocenters. The highest BCUT2D eigenvalue weighted by Gasteiger charge is 2.14. The van der Waals surface area contributed by atoms with E-state index >= 15 is 0 Å². The zero-order chi connectivity index (χ0) is 16.4. The van der Waals surface area contributed by atoms with Crippen molar-refractivity contribution in [3.05, 3.63) is 46.9 Å². The molecular weight excluding hydrogens is 296 g/mol. The number of hydrazone groups is 1. The highest BCUT2D eigenvalue weighted by atomic mass is 16.6. The third-order valence-corrected chi connectivity index (χ3v) is 3.57. The first-order chi connectivity index (χ1) is 11.0. The number of carbonyl (C=O) groups is 1. The van der Waals surface area contributed by atoms with Gasteiger partial charge in [0.25, 0.3) is 5.91 Å². The van der Waals surface area contributed by atoms with Crippen LogP contribution in [0.15, 0.2) is 33.8 Å². The zero-order valence-electron chi connectivity index (χ0n) is 13.3. The molecule has 0 fully saturated rings. The molecule has 6 nitrogen and oxygen atoms in total. The van der Waals surface area contributed by atoms with Crippen LogP contribution >= 0.6 is 0 Å². The van der Waals surface area contributed by atoms with Crippen LogP contribution in [0.25, 0.3) is 0 Å². The van der Waals surface area contributed by atoms with Crippen molar-refractivity contribution in [2.45, 2.75) is 20.8 Å². The Labute approximate surface area is 134 Å². The summed E-state index contributed by atoms with van der Waals surface area (Å²) in [4.78, 5) is 12.1. The Bertz CT molecular complexity index is 777. The van der Waals surface area contributed by atoms with Gasteiger partial charge in [-0.3, -0.25) is 4.79 Å². The van der Waals surface area contributed by atoms with Gasteiger partial charge >= 0.3 is 0 Å². The number of nitrogens with zero attached hydrogens (tertiary/aromatic N) is 1. The molecule has 23 heavy (non-hydrogen) atoms. The number of furan rings is 1. The summed E-state index contributed by atoms with van der Waals surface area (Å²) in [5.74, 6) is 2.39. The van der Waals surface area contributed by atoms with E-state index in [0.717, 1.165) is 11.3 Å². The van der Waals surface area contributed by atoms with Crippen molar-refractivity contribution in [3.63, 3.8) is 0 Å². The average Bonchev–Trinajstić information content (AvgIpc) is 2.90. The zero-order valence-corrected chi connectivity index (χ0v) is 13.3. The maximum absolute atomic E-state index is 12.1. The molecule has 1 amide bonds. The molecule has 120 valence electrons. The maximum Gasteiger partial charge on any atom is 0.274 e. The first kappa shape index (κ1) is 15.1. The second-order valence-corrected chi connectivity index (χ2v) is 5.32. The minimum atomic E-state index is -0.295. The van der Waals surface area contributed by atoms with E-state index in [2.05, 4.69) is 10.5 Å². The van der Waals surface area contributed by atoms with E-state index in [-0.39, 0.29) is 5.91 Å². The van der Waals surface area contributed by atoms with Crippen LogP contribution < -0.4 is 14.9 Å². The van der Waals surface area contributed by atoms with E-state index in [1.54, 1.807) is 19.9 Å². The molecule has 0 saturated heterocycles. The number of fused-ring (bicyclic) bond motifs is 1. The van der Waals surface area contributed by atoms with E-state index in [1.165, 1.54) is 0 Å². The van der Waals surface area contributed by atoms with Gasteiger partial charge in [-0.1, -0.05) is 0 Å². The van der Waals surface area contributed by atoms with Crippen LogP contribution in [0.2, 0.25) is 0 Å². The lowest BCUT2D eigenvalue weighted by atomic mass is 10.1. The van der Waals surface area contributed by atoms with E-state index in [9.17, 15) is 4.79 Å². The molecule has 0 spiro atoms. The molecule has 0 aliphatic carbocycles. The summed E-state index contributed by atoms with van der Waals surface area (Å²) in [5.41, 5.74) is 4.57. The van der Waals surface area contributed by atoms with E-state index in [0.29, 0.717) is 41.8 Å². The SMILES string of the molecule is CC(=NNC(=O)c1cc(C)oc1C)c1ccc2c(c1)OCCO2. The number of rotatable bonds is 3. The van der Waals surface area contributed by atoms with Crippen LogP contribution in [-0.4, -0.2) is 24.8 Å². The fraction of sp³-hybridized carbons (Fsp3) is 0.294. The number of benzene rings is 1. The topological polar surface area (TPSA) is 73.1 Å². The highest BCUT2D eigenvalue weighted by molar-refractivity contribution is 6.01. The first-order valence-electron chi connectivity index (χ1n) is 7.36. The van der Waals surface area contributed by atoms with Gasteiger partial charge in [0.15, 0.2) is 11.5 Å². The van der Waals surface area contributed by atoms with Crippen LogP contribution in [0, 0.1) is 13.8 Å². The molecule has 1 aromatic heterocycles. The van der Waals surface area contributed by atoms with Crippen molar-refractivity contribution < 1.29 is 18.7 Å². The largest absolute Gasteiger partial charge is 0.486 e. The lowest BCUT2D eigenvalue weighted by Gasteiger charge is -2.18. The van der Waals surface area contributed by atoms with Gasteiger partial charge in [0.1, 0.15) is 24.7 Å². The summed E-state index contributed by atoms with van der Waals surface area (Å²) < 4.78 is 16.4. The van der Waals surface area contributed by atoms with Crippen LogP contribution in [-0.2, 0) is 0 Å².